The highest BCUT2D eigenvalue weighted by Gasteiger charge is 2.18. The first-order chi connectivity index (χ1) is 8.36. The lowest BCUT2D eigenvalue weighted by Gasteiger charge is -2.21. The van der Waals surface area contributed by atoms with E-state index in [9.17, 15) is 5.11 Å². The van der Waals surface area contributed by atoms with Gasteiger partial charge in [-0.1, -0.05) is 20.8 Å². The van der Waals surface area contributed by atoms with E-state index in [0.717, 1.165) is 11.3 Å². The molecule has 4 heteroatoms. The van der Waals surface area contributed by atoms with Crippen molar-refractivity contribution in [2.75, 3.05) is 13.7 Å². The van der Waals surface area contributed by atoms with Gasteiger partial charge in [0.15, 0.2) is 0 Å². The van der Waals surface area contributed by atoms with Gasteiger partial charge in [-0.2, -0.15) is 0 Å². The van der Waals surface area contributed by atoms with Gasteiger partial charge in [-0.3, -0.25) is 0 Å². The molecule has 4 nitrogen and oxygen atoms in total. The van der Waals surface area contributed by atoms with Crippen LogP contribution >= 0.6 is 0 Å². The average molecular weight is 253 g/mol. The van der Waals surface area contributed by atoms with E-state index in [1.165, 1.54) is 0 Å². The highest BCUT2D eigenvalue weighted by atomic mass is 16.5. The van der Waals surface area contributed by atoms with E-state index in [1.807, 2.05) is 13.0 Å². The maximum absolute atomic E-state index is 9.28. The SMILES string of the molecule is COCC(C)Oc1cc(CO)cc(C(C)(C)C)n1. The molecule has 0 fully saturated rings. The Hall–Kier alpha value is -1.13. The summed E-state index contributed by atoms with van der Waals surface area (Å²) in [4.78, 5) is 4.49. The quantitative estimate of drug-likeness (QED) is 0.874. The third-order valence-corrected chi connectivity index (χ3v) is 2.54. The lowest BCUT2D eigenvalue weighted by atomic mass is 9.91. The van der Waals surface area contributed by atoms with E-state index < -0.39 is 0 Å². The first kappa shape index (κ1) is 14.9. The Morgan fingerprint density at radius 3 is 2.50 bits per heavy atom. The van der Waals surface area contributed by atoms with E-state index in [2.05, 4.69) is 25.8 Å². The second kappa shape index (κ2) is 6.16. The minimum Gasteiger partial charge on any atom is -0.472 e. The summed E-state index contributed by atoms with van der Waals surface area (Å²) in [6.07, 6.45) is -0.0655. The van der Waals surface area contributed by atoms with Gasteiger partial charge in [0.05, 0.1) is 18.9 Å². The smallest absolute Gasteiger partial charge is 0.214 e. The Labute approximate surface area is 109 Å². The largest absolute Gasteiger partial charge is 0.472 e. The predicted octanol–water partition coefficient (Wildman–Crippen LogP) is 2.29. The van der Waals surface area contributed by atoms with Crippen molar-refractivity contribution in [1.82, 2.24) is 4.98 Å². The topological polar surface area (TPSA) is 51.6 Å². The summed E-state index contributed by atoms with van der Waals surface area (Å²) in [6, 6.07) is 3.68. The van der Waals surface area contributed by atoms with Crippen LogP contribution in [0.15, 0.2) is 12.1 Å². The Morgan fingerprint density at radius 2 is 2.00 bits per heavy atom. The zero-order valence-corrected chi connectivity index (χ0v) is 11.9. The Balaban J connectivity index is 2.97. The number of nitrogens with zero attached hydrogens (tertiary/aromatic N) is 1. The van der Waals surface area contributed by atoms with Crippen LogP contribution in [0.25, 0.3) is 0 Å². The van der Waals surface area contributed by atoms with E-state index in [0.29, 0.717) is 12.5 Å². The van der Waals surface area contributed by atoms with Gasteiger partial charge in [0.1, 0.15) is 6.10 Å². The summed E-state index contributed by atoms with van der Waals surface area (Å²) in [5.41, 5.74) is 1.65. The summed E-state index contributed by atoms with van der Waals surface area (Å²) in [6.45, 7) is 8.67. The Bertz CT molecular complexity index is 385. The van der Waals surface area contributed by atoms with Crippen LogP contribution in [0, 0.1) is 0 Å². The molecule has 1 heterocycles. The Kier molecular flexibility index (Phi) is 5.11. The fourth-order valence-corrected chi connectivity index (χ4v) is 1.57. The molecular formula is C14H23NO3. The monoisotopic (exact) mass is 253 g/mol. The van der Waals surface area contributed by atoms with Crippen LogP contribution in [0.3, 0.4) is 0 Å². The number of aromatic nitrogens is 1. The molecule has 1 aromatic rings. The summed E-state index contributed by atoms with van der Waals surface area (Å²) in [5.74, 6) is 0.538. The van der Waals surface area contributed by atoms with E-state index in [4.69, 9.17) is 9.47 Å². The van der Waals surface area contributed by atoms with Crippen molar-refractivity contribution in [3.05, 3.63) is 23.4 Å². The number of hydrogen-bond donors (Lipinski definition) is 1. The molecule has 0 bridgehead atoms. The molecule has 1 N–H and O–H groups in total. The van der Waals surface area contributed by atoms with Gasteiger partial charge in [-0.15, -0.1) is 0 Å². The second-order valence-electron chi connectivity index (χ2n) is 5.49. The molecule has 0 saturated carbocycles. The van der Waals surface area contributed by atoms with Gasteiger partial charge < -0.3 is 14.6 Å². The normalized spacial score (nSPS) is 13.4. The minimum atomic E-state index is -0.0756. The molecule has 1 unspecified atom stereocenters. The second-order valence-corrected chi connectivity index (χ2v) is 5.49. The Morgan fingerprint density at radius 1 is 1.33 bits per heavy atom. The molecule has 1 rings (SSSR count). The van der Waals surface area contributed by atoms with Gasteiger partial charge in [0.25, 0.3) is 0 Å². The summed E-state index contributed by atoms with van der Waals surface area (Å²) in [5, 5.41) is 9.28. The third kappa shape index (κ3) is 4.27. The van der Waals surface area contributed by atoms with Crippen LogP contribution in [-0.2, 0) is 16.8 Å². The fourth-order valence-electron chi connectivity index (χ4n) is 1.57. The van der Waals surface area contributed by atoms with Crippen molar-refractivity contribution in [3.8, 4) is 5.88 Å². The molecule has 0 spiro atoms. The van der Waals surface area contributed by atoms with E-state index >= 15 is 0 Å². The number of methoxy groups -OCH3 is 1. The lowest BCUT2D eigenvalue weighted by molar-refractivity contribution is 0.0885. The summed E-state index contributed by atoms with van der Waals surface area (Å²) < 4.78 is 10.7. The standard InChI is InChI=1S/C14H23NO3/c1-10(9-17-5)18-13-7-11(8-16)6-12(15-13)14(2,3)4/h6-7,10,16H,8-9H2,1-5H3. The first-order valence-corrected chi connectivity index (χ1v) is 6.14. The van der Waals surface area contributed by atoms with Crippen LogP contribution < -0.4 is 4.74 Å². The van der Waals surface area contributed by atoms with Crippen molar-refractivity contribution < 1.29 is 14.6 Å². The van der Waals surface area contributed by atoms with Crippen molar-refractivity contribution in [1.29, 1.82) is 0 Å². The van der Waals surface area contributed by atoms with Gasteiger partial charge in [-0.05, 0) is 18.6 Å². The van der Waals surface area contributed by atoms with Gasteiger partial charge in [-0.25, -0.2) is 4.98 Å². The molecule has 1 atom stereocenters. The molecule has 0 amide bonds. The number of hydrogen-bond acceptors (Lipinski definition) is 4. The maximum Gasteiger partial charge on any atom is 0.214 e. The maximum atomic E-state index is 9.28. The number of rotatable bonds is 5. The van der Waals surface area contributed by atoms with Crippen molar-refractivity contribution >= 4 is 0 Å². The van der Waals surface area contributed by atoms with Gasteiger partial charge in [0, 0.05) is 18.6 Å². The molecule has 0 aliphatic rings. The minimum absolute atomic E-state index is 0.0133. The number of aliphatic hydroxyl groups is 1. The van der Waals surface area contributed by atoms with Crippen molar-refractivity contribution in [3.63, 3.8) is 0 Å². The molecule has 102 valence electrons. The van der Waals surface area contributed by atoms with Crippen LogP contribution in [0.5, 0.6) is 5.88 Å². The van der Waals surface area contributed by atoms with E-state index in [-0.39, 0.29) is 18.1 Å². The number of pyridine rings is 1. The first-order valence-electron chi connectivity index (χ1n) is 6.14. The predicted molar refractivity (Wildman–Crippen MR) is 70.8 cm³/mol. The molecule has 0 radical (unpaired) electrons. The fraction of sp³-hybridized carbons (Fsp3) is 0.643. The molecule has 18 heavy (non-hydrogen) atoms. The van der Waals surface area contributed by atoms with Crippen LogP contribution in [-0.4, -0.2) is 29.9 Å². The van der Waals surface area contributed by atoms with E-state index in [1.54, 1.807) is 13.2 Å². The number of aliphatic hydroxyl groups excluding tert-OH is 1. The summed E-state index contributed by atoms with van der Waals surface area (Å²) >= 11 is 0. The third-order valence-electron chi connectivity index (χ3n) is 2.54. The molecular weight excluding hydrogens is 230 g/mol. The van der Waals surface area contributed by atoms with Crippen molar-refractivity contribution in [2.24, 2.45) is 0 Å². The average Bonchev–Trinajstić information content (AvgIpc) is 2.27. The summed E-state index contributed by atoms with van der Waals surface area (Å²) in [7, 11) is 1.64. The highest BCUT2D eigenvalue weighted by molar-refractivity contribution is 5.28. The van der Waals surface area contributed by atoms with Gasteiger partial charge >= 0.3 is 0 Å². The van der Waals surface area contributed by atoms with Gasteiger partial charge in [0.2, 0.25) is 5.88 Å². The molecule has 1 aromatic heterocycles. The molecule has 0 aromatic carbocycles. The van der Waals surface area contributed by atoms with Crippen molar-refractivity contribution in [2.45, 2.75) is 45.8 Å². The van der Waals surface area contributed by atoms with Crippen LogP contribution in [0.4, 0.5) is 0 Å². The number of ether oxygens (including phenoxy) is 2. The molecule has 0 aliphatic carbocycles. The lowest BCUT2D eigenvalue weighted by Crippen LogP contribution is -2.20. The molecule has 0 saturated heterocycles. The zero-order valence-electron chi connectivity index (χ0n) is 11.9. The molecule has 0 aliphatic heterocycles. The van der Waals surface area contributed by atoms with Crippen LogP contribution in [0.1, 0.15) is 39.0 Å². The van der Waals surface area contributed by atoms with Crippen LogP contribution in [0.2, 0.25) is 0 Å². The highest BCUT2D eigenvalue weighted by Crippen LogP contribution is 2.24. The zero-order chi connectivity index (χ0) is 13.8.